The van der Waals surface area contributed by atoms with Gasteiger partial charge in [-0.1, -0.05) is 17.3 Å². The number of aromatic nitrogens is 2. The lowest BCUT2D eigenvalue weighted by molar-refractivity contribution is 0.102. The lowest BCUT2D eigenvalue weighted by atomic mass is 10.1. The van der Waals surface area contributed by atoms with E-state index in [4.69, 9.17) is 23.5 Å². The first kappa shape index (κ1) is 20.4. The minimum Gasteiger partial charge on any atom is -0.493 e. The number of nitrogens with one attached hydrogen (secondary N) is 1. The Hall–Kier alpha value is -4.53. The number of ether oxygens (including phenoxy) is 4. The highest BCUT2D eigenvalue weighted by atomic mass is 16.7. The van der Waals surface area contributed by atoms with E-state index in [9.17, 15) is 4.79 Å². The van der Waals surface area contributed by atoms with Gasteiger partial charge in [0.1, 0.15) is 0 Å². The van der Waals surface area contributed by atoms with E-state index in [0.717, 1.165) is 0 Å². The van der Waals surface area contributed by atoms with Gasteiger partial charge < -0.3 is 28.8 Å². The van der Waals surface area contributed by atoms with Gasteiger partial charge >= 0.3 is 0 Å². The maximum atomic E-state index is 12.7. The van der Waals surface area contributed by atoms with Crippen molar-refractivity contribution < 1.29 is 28.3 Å². The molecule has 1 aliphatic rings. The van der Waals surface area contributed by atoms with Gasteiger partial charge in [-0.25, -0.2) is 0 Å². The minimum absolute atomic E-state index is 0.151. The fourth-order valence-corrected chi connectivity index (χ4v) is 3.40. The Kier molecular flexibility index (Phi) is 5.27. The standard InChI is InChI=1S/C24H19N3O6/c1-29-18-8-7-16(12-20(18)30-2)24-26-22(27-33-24)14-4-3-5-17(10-14)25-23(28)15-6-9-19-21(11-15)32-13-31-19/h3-12H,13H2,1-2H3,(H,25,28). The van der Waals surface area contributed by atoms with Crippen LogP contribution in [0.5, 0.6) is 23.0 Å². The molecule has 1 aliphatic heterocycles. The van der Waals surface area contributed by atoms with Crippen molar-refractivity contribution >= 4 is 11.6 Å². The Morgan fingerprint density at radius 1 is 0.909 bits per heavy atom. The molecule has 1 aromatic heterocycles. The SMILES string of the molecule is COc1ccc(-c2nc(-c3cccc(NC(=O)c4ccc5c(c4)OCO5)c3)no2)cc1OC. The van der Waals surface area contributed by atoms with Crippen molar-refractivity contribution in [1.29, 1.82) is 0 Å². The lowest BCUT2D eigenvalue weighted by Crippen LogP contribution is -2.11. The van der Waals surface area contributed by atoms with Crippen molar-refractivity contribution in [1.82, 2.24) is 10.1 Å². The molecule has 0 atom stereocenters. The van der Waals surface area contributed by atoms with Gasteiger partial charge in [0.15, 0.2) is 23.0 Å². The molecular weight excluding hydrogens is 426 g/mol. The molecule has 9 heteroatoms. The van der Waals surface area contributed by atoms with Crippen molar-refractivity contribution in [2.75, 3.05) is 26.3 Å². The van der Waals surface area contributed by atoms with Gasteiger partial charge in [-0.05, 0) is 48.5 Å². The van der Waals surface area contributed by atoms with Crippen molar-refractivity contribution in [2.45, 2.75) is 0 Å². The van der Waals surface area contributed by atoms with Crippen LogP contribution in [0.25, 0.3) is 22.8 Å². The summed E-state index contributed by atoms with van der Waals surface area (Å²) in [4.78, 5) is 17.2. The highest BCUT2D eigenvalue weighted by molar-refractivity contribution is 6.04. The normalized spacial score (nSPS) is 11.8. The number of hydrogen-bond donors (Lipinski definition) is 1. The summed E-state index contributed by atoms with van der Waals surface area (Å²) in [5, 5.41) is 6.95. The van der Waals surface area contributed by atoms with Crippen molar-refractivity contribution in [3.63, 3.8) is 0 Å². The van der Waals surface area contributed by atoms with Crippen LogP contribution in [0.1, 0.15) is 10.4 Å². The van der Waals surface area contributed by atoms with Crippen LogP contribution in [-0.2, 0) is 0 Å². The van der Waals surface area contributed by atoms with E-state index in [1.165, 1.54) is 0 Å². The van der Waals surface area contributed by atoms with Crippen LogP contribution in [0.3, 0.4) is 0 Å². The summed E-state index contributed by atoms with van der Waals surface area (Å²) in [5.41, 5.74) is 2.43. The van der Waals surface area contributed by atoms with E-state index in [0.29, 0.717) is 57.1 Å². The van der Waals surface area contributed by atoms with Gasteiger partial charge in [0.05, 0.1) is 14.2 Å². The van der Waals surface area contributed by atoms with Gasteiger partial charge in [0, 0.05) is 22.4 Å². The topological polar surface area (TPSA) is 105 Å². The number of hydrogen-bond acceptors (Lipinski definition) is 8. The number of nitrogens with zero attached hydrogens (tertiary/aromatic N) is 2. The third-order valence-electron chi connectivity index (χ3n) is 5.07. The van der Waals surface area contributed by atoms with Crippen LogP contribution in [-0.4, -0.2) is 37.1 Å². The zero-order valence-corrected chi connectivity index (χ0v) is 17.8. The van der Waals surface area contributed by atoms with Gasteiger partial charge in [-0.15, -0.1) is 0 Å². The number of rotatable bonds is 6. The first-order valence-corrected chi connectivity index (χ1v) is 10.0. The Morgan fingerprint density at radius 3 is 2.61 bits per heavy atom. The largest absolute Gasteiger partial charge is 0.493 e. The number of benzene rings is 3. The van der Waals surface area contributed by atoms with E-state index in [1.807, 2.05) is 6.07 Å². The van der Waals surface area contributed by atoms with Gasteiger partial charge in [0.25, 0.3) is 11.8 Å². The highest BCUT2D eigenvalue weighted by Crippen LogP contribution is 2.34. The van der Waals surface area contributed by atoms with Crippen LogP contribution in [0, 0.1) is 0 Å². The highest BCUT2D eigenvalue weighted by Gasteiger charge is 2.17. The van der Waals surface area contributed by atoms with Gasteiger partial charge in [-0.3, -0.25) is 4.79 Å². The zero-order valence-electron chi connectivity index (χ0n) is 17.8. The van der Waals surface area contributed by atoms with Crippen molar-refractivity contribution in [2.24, 2.45) is 0 Å². The predicted octanol–water partition coefficient (Wildman–Crippen LogP) is 4.40. The first-order chi connectivity index (χ1) is 16.1. The van der Waals surface area contributed by atoms with Gasteiger partial charge in [-0.2, -0.15) is 4.98 Å². The van der Waals surface area contributed by atoms with Crippen LogP contribution < -0.4 is 24.3 Å². The fourth-order valence-electron chi connectivity index (χ4n) is 3.40. The summed E-state index contributed by atoms with van der Waals surface area (Å²) in [7, 11) is 3.13. The molecule has 1 amide bonds. The second-order valence-corrected chi connectivity index (χ2v) is 7.10. The van der Waals surface area contributed by atoms with Crippen LogP contribution in [0.2, 0.25) is 0 Å². The van der Waals surface area contributed by atoms with Crippen LogP contribution >= 0.6 is 0 Å². The van der Waals surface area contributed by atoms with E-state index in [2.05, 4.69) is 15.5 Å². The molecule has 4 aromatic rings. The Bertz CT molecular complexity index is 1330. The summed E-state index contributed by atoms with van der Waals surface area (Å²) in [6, 6.07) is 17.6. The number of amides is 1. The molecule has 0 fully saturated rings. The number of carbonyl (C=O) groups is 1. The lowest BCUT2D eigenvalue weighted by Gasteiger charge is -2.07. The Balaban J connectivity index is 1.36. The molecule has 9 nitrogen and oxygen atoms in total. The summed E-state index contributed by atoms with van der Waals surface area (Å²) in [5.74, 6) is 2.78. The molecule has 0 radical (unpaired) electrons. The maximum absolute atomic E-state index is 12.7. The van der Waals surface area contributed by atoms with E-state index in [1.54, 1.807) is 68.8 Å². The zero-order chi connectivity index (χ0) is 22.8. The molecule has 1 N–H and O–H groups in total. The molecule has 0 bridgehead atoms. The summed E-state index contributed by atoms with van der Waals surface area (Å²) >= 11 is 0. The molecule has 5 rings (SSSR count). The van der Waals surface area contributed by atoms with Gasteiger partial charge in [0.2, 0.25) is 12.6 Å². The number of carbonyl (C=O) groups excluding carboxylic acids is 1. The molecule has 0 unspecified atom stereocenters. The average molecular weight is 445 g/mol. The molecule has 3 aromatic carbocycles. The molecule has 166 valence electrons. The van der Waals surface area contributed by atoms with E-state index >= 15 is 0 Å². The third kappa shape index (κ3) is 4.03. The smallest absolute Gasteiger partial charge is 0.258 e. The molecular formula is C24H19N3O6. The summed E-state index contributed by atoms with van der Waals surface area (Å²) in [6.45, 7) is 0.151. The Morgan fingerprint density at radius 2 is 1.76 bits per heavy atom. The van der Waals surface area contributed by atoms with Crippen LogP contribution in [0.15, 0.2) is 65.2 Å². The molecule has 0 spiro atoms. The van der Waals surface area contributed by atoms with Crippen molar-refractivity contribution in [3.05, 3.63) is 66.2 Å². The summed E-state index contributed by atoms with van der Waals surface area (Å²) < 4.78 is 26.7. The number of anilines is 1. The Labute approximate surface area is 188 Å². The molecule has 33 heavy (non-hydrogen) atoms. The quantitative estimate of drug-likeness (QED) is 0.466. The first-order valence-electron chi connectivity index (χ1n) is 10.0. The maximum Gasteiger partial charge on any atom is 0.258 e. The number of methoxy groups -OCH3 is 2. The predicted molar refractivity (Wildman–Crippen MR) is 119 cm³/mol. The summed E-state index contributed by atoms with van der Waals surface area (Å²) in [6.07, 6.45) is 0. The molecule has 0 saturated heterocycles. The number of fused-ring (bicyclic) bond motifs is 1. The van der Waals surface area contributed by atoms with E-state index < -0.39 is 0 Å². The average Bonchev–Trinajstić information content (AvgIpc) is 3.53. The second-order valence-electron chi connectivity index (χ2n) is 7.10. The third-order valence-corrected chi connectivity index (χ3v) is 5.07. The van der Waals surface area contributed by atoms with Crippen LogP contribution in [0.4, 0.5) is 5.69 Å². The molecule has 2 heterocycles. The fraction of sp³-hybridized carbons (Fsp3) is 0.125. The van der Waals surface area contributed by atoms with Crippen molar-refractivity contribution in [3.8, 4) is 45.8 Å². The minimum atomic E-state index is -0.274. The monoisotopic (exact) mass is 445 g/mol. The second kappa shape index (κ2) is 8.54. The van der Waals surface area contributed by atoms with E-state index in [-0.39, 0.29) is 12.7 Å². The molecule has 0 saturated carbocycles. The molecule has 0 aliphatic carbocycles.